The van der Waals surface area contributed by atoms with Crippen LogP contribution in [-0.2, 0) is 4.79 Å². The quantitative estimate of drug-likeness (QED) is 0.467. The second-order valence-corrected chi connectivity index (χ2v) is 8.68. The van der Waals surface area contributed by atoms with Crippen molar-refractivity contribution in [3.05, 3.63) is 54.7 Å². The van der Waals surface area contributed by atoms with Gasteiger partial charge in [0.2, 0.25) is 17.6 Å². The Morgan fingerprint density at radius 3 is 2.93 bits per heavy atom. The molecule has 7 nitrogen and oxygen atoms in total. The van der Waals surface area contributed by atoms with Crippen LogP contribution in [-0.4, -0.2) is 49.8 Å². The number of pyridine rings is 1. The molecule has 0 spiro atoms. The van der Waals surface area contributed by atoms with Crippen molar-refractivity contribution < 1.29 is 9.32 Å². The molecule has 0 atom stereocenters. The van der Waals surface area contributed by atoms with Gasteiger partial charge in [0.15, 0.2) is 4.34 Å². The van der Waals surface area contributed by atoms with E-state index in [1.165, 1.54) is 11.8 Å². The molecule has 0 aliphatic carbocycles. The molecule has 1 aromatic carbocycles. The van der Waals surface area contributed by atoms with Crippen LogP contribution in [0.2, 0.25) is 0 Å². The van der Waals surface area contributed by atoms with Crippen molar-refractivity contribution >= 4 is 39.2 Å². The standard InChI is InChI=1S/C19H15N5O2S2/c25-16(11-27-19-21-14-5-1-2-6-15(14)28-19)24-9-13(10-24)18-22-17(23-26-18)12-4-3-7-20-8-12/h1-8,13H,9-11H2. The molecule has 4 aromatic rings. The maximum Gasteiger partial charge on any atom is 0.233 e. The van der Waals surface area contributed by atoms with Gasteiger partial charge in [-0.2, -0.15) is 4.98 Å². The van der Waals surface area contributed by atoms with Gasteiger partial charge in [-0.05, 0) is 24.3 Å². The van der Waals surface area contributed by atoms with Crippen molar-refractivity contribution in [2.75, 3.05) is 18.8 Å². The Hall–Kier alpha value is -2.78. The van der Waals surface area contributed by atoms with Crippen LogP contribution in [0, 0.1) is 0 Å². The summed E-state index contributed by atoms with van der Waals surface area (Å²) in [6, 6.07) is 11.7. The predicted molar refractivity (Wildman–Crippen MR) is 107 cm³/mol. The molecule has 0 saturated carbocycles. The number of rotatable bonds is 5. The van der Waals surface area contributed by atoms with E-state index in [1.54, 1.807) is 23.7 Å². The Kier molecular flexibility index (Phi) is 4.53. The summed E-state index contributed by atoms with van der Waals surface area (Å²) >= 11 is 3.11. The van der Waals surface area contributed by atoms with Crippen LogP contribution >= 0.6 is 23.1 Å². The predicted octanol–water partition coefficient (Wildman–Crippen LogP) is 3.46. The highest BCUT2D eigenvalue weighted by atomic mass is 32.2. The number of aromatic nitrogens is 4. The Bertz CT molecular complexity index is 1090. The fourth-order valence-corrected chi connectivity index (χ4v) is 4.95. The number of nitrogens with zero attached hydrogens (tertiary/aromatic N) is 5. The smallest absolute Gasteiger partial charge is 0.233 e. The van der Waals surface area contributed by atoms with Crippen molar-refractivity contribution in [3.8, 4) is 11.4 Å². The van der Waals surface area contributed by atoms with Crippen LogP contribution in [0.5, 0.6) is 0 Å². The van der Waals surface area contributed by atoms with E-state index in [1.807, 2.05) is 41.3 Å². The van der Waals surface area contributed by atoms with Gasteiger partial charge in [-0.3, -0.25) is 9.78 Å². The van der Waals surface area contributed by atoms with Crippen molar-refractivity contribution in [1.29, 1.82) is 0 Å². The first-order valence-electron chi connectivity index (χ1n) is 8.76. The minimum Gasteiger partial charge on any atom is -0.340 e. The number of likely N-dealkylation sites (tertiary alicyclic amines) is 1. The second kappa shape index (κ2) is 7.33. The summed E-state index contributed by atoms with van der Waals surface area (Å²) < 4.78 is 7.44. The van der Waals surface area contributed by atoms with Crippen LogP contribution in [0.4, 0.5) is 0 Å². The molecular weight excluding hydrogens is 394 g/mol. The summed E-state index contributed by atoms with van der Waals surface area (Å²) in [5, 5.41) is 4.02. The van der Waals surface area contributed by atoms with E-state index in [4.69, 9.17) is 4.52 Å². The summed E-state index contributed by atoms with van der Waals surface area (Å²) in [5.74, 6) is 1.68. The molecular formula is C19H15N5O2S2. The fraction of sp³-hybridized carbons (Fsp3) is 0.211. The molecule has 1 fully saturated rings. The highest BCUT2D eigenvalue weighted by Gasteiger charge is 2.35. The van der Waals surface area contributed by atoms with Gasteiger partial charge in [0, 0.05) is 31.0 Å². The van der Waals surface area contributed by atoms with Crippen molar-refractivity contribution in [1.82, 2.24) is 25.0 Å². The molecule has 0 N–H and O–H groups in total. The Morgan fingerprint density at radius 2 is 2.11 bits per heavy atom. The largest absolute Gasteiger partial charge is 0.340 e. The summed E-state index contributed by atoms with van der Waals surface area (Å²) in [6.45, 7) is 1.21. The zero-order valence-electron chi connectivity index (χ0n) is 14.7. The Balaban J connectivity index is 1.15. The van der Waals surface area contributed by atoms with Crippen LogP contribution < -0.4 is 0 Å². The van der Waals surface area contributed by atoms with Crippen molar-refractivity contribution in [2.24, 2.45) is 0 Å². The Labute approximate surface area is 168 Å². The molecule has 140 valence electrons. The van der Waals surface area contributed by atoms with Gasteiger partial charge in [0.05, 0.1) is 21.9 Å². The van der Waals surface area contributed by atoms with E-state index in [0.717, 1.165) is 20.1 Å². The van der Waals surface area contributed by atoms with E-state index >= 15 is 0 Å². The average molecular weight is 409 g/mol. The van der Waals surface area contributed by atoms with Crippen LogP contribution in [0.1, 0.15) is 11.8 Å². The van der Waals surface area contributed by atoms with Crippen LogP contribution in [0.25, 0.3) is 21.6 Å². The van der Waals surface area contributed by atoms with Gasteiger partial charge in [-0.25, -0.2) is 4.98 Å². The van der Waals surface area contributed by atoms with Gasteiger partial charge >= 0.3 is 0 Å². The fourth-order valence-electron chi connectivity index (χ4n) is 2.98. The van der Waals surface area contributed by atoms with E-state index in [9.17, 15) is 4.79 Å². The first kappa shape index (κ1) is 17.3. The van der Waals surface area contributed by atoms with E-state index < -0.39 is 0 Å². The number of carbonyl (C=O) groups is 1. The molecule has 0 unspecified atom stereocenters. The number of thioether (sulfide) groups is 1. The zero-order chi connectivity index (χ0) is 18.9. The van der Waals surface area contributed by atoms with Gasteiger partial charge in [0.25, 0.3) is 0 Å². The Morgan fingerprint density at radius 1 is 1.21 bits per heavy atom. The number of hydrogen-bond acceptors (Lipinski definition) is 8. The number of thiazole rings is 1. The van der Waals surface area contributed by atoms with E-state index in [0.29, 0.717) is 30.6 Å². The average Bonchev–Trinajstić information content (AvgIpc) is 3.33. The zero-order valence-corrected chi connectivity index (χ0v) is 16.3. The molecule has 9 heteroatoms. The van der Waals surface area contributed by atoms with E-state index in [-0.39, 0.29) is 11.8 Å². The third-order valence-corrected chi connectivity index (χ3v) is 6.70. The lowest BCUT2D eigenvalue weighted by Gasteiger charge is -2.36. The van der Waals surface area contributed by atoms with Gasteiger partial charge in [-0.15, -0.1) is 11.3 Å². The van der Waals surface area contributed by atoms with Crippen molar-refractivity contribution in [2.45, 2.75) is 10.3 Å². The maximum absolute atomic E-state index is 12.4. The highest BCUT2D eigenvalue weighted by molar-refractivity contribution is 8.01. The lowest BCUT2D eigenvalue weighted by molar-refractivity contribution is -0.133. The summed E-state index contributed by atoms with van der Waals surface area (Å²) in [5.41, 5.74) is 1.80. The highest BCUT2D eigenvalue weighted by Crippen LogP contribution is 2.31. The summed E-state index contributed by atoms with van der Waals surface area (Å²) in [7, 11) is 0. The summed E-state index contributed by atoms with van der Waals surface area (Å²) in [6.07, 6.45) is 3.40. The molecule has 1 aliphatic heterocycles. The topological polar surface area (TPSA) is 85.0 Å². The van der Waals surface area contributed by atoms with Gasteiger partial charge in [-0.1, -0.05) is 29.1 Å². The number of para-hydroxylation sites is 1. The number of benzene rings is 1. The number of amides is 1. The minimum atomic E-state index is 0.0920. The van der Waals surface area contributed by atoms with Crippen molar-refractivity contribution in [3.63, 3.8) is 0 Å². The number of carbonyl (C=O) groups excluding carboxylic acids is 1. The third-order valence-electron chi connectivity index (χ3n) is 4.54. The molecule has 28 heavy (non-hydrogen) atoms. The van der Waals surface area contributed by atoms with Crippen LogP contribution in [0.3, 0.4) is 0 Å². The lowest BCUT2D eigenvalue weighted by atomic mass is 10.0. The SMILES string of the molecule is O=C(CSc1nc2ccccc2s1)N1CC(c2nc(-c3cccnc3)no2)C1. The molecule has 1 amide bonds. The summed E-state index contributed by atoms with van der Waals surface area (Å²) in [4.78, 5) is 27.3. The number of hydrogen-bond donors (Lipinski definition) is 0. The van der Waals surface area contributed by atoms with Crippen LogP contribution in [0.15, 0.2) is 57.7 Å². The third kappa shape index (κ3) is 3.38. The molecule has 1 saturated heterocycles. The monoisotopic (exact) mass is 409 g/mol. The molecule has 0 bridgehead atoms. The van der Waals surface area contributed by atoms with E-state index in [2.05, 4.69) is 20.1 Å². The molecule has 1 aliphatic rings. The minimum absolute atomic E-state index is 0.0920. The second-order valence-electron chi connectivity index (χ2n) is 6.43. The number of fused-ring (bicyclic) bond motifs is 1. The molecule has 0 radical (unpaired) electrons. The first-order chi connectivity index (χ1) is 13.8. The molecule has 4 heterocycles. The lowest BCUT2D eigenvalue weighted by Crippen LogP contribution is -2.49. The van der Waals surface area contributed by atoms with Gasteiger partial charge < -0.3 is 9.42 Å². The maximum atomic E-state index is 12.4. The van der Waals surface area contributed by atoms with Gasteiger partial charge in [0.1, 0.15) is 0 Å². The molecule has 3 aromatic heterocycles. The normalized spacial score (nSPS) is 14.4. The molecule has 5 rings (SSSR count). The first-order valence-corrected chi connectivity index (χ1v) is 10.6.